The summed E-state index contributed by atoms with van der Waals surface area (Å²) in [5.74, 6) is 0. The van der Waals surface area contributed by atoms with E-state index in [2.05, 4.69) is 10.6 Å². The smallest absolute Gasteiger partial charge is 0.316 e. The monoisotopic (exact) mass is 200 g/mol. The lowest BCUT2D eigenvalue weighted by molar-refractivity contribution is 0.170. The van der Waals surface area contributed by atoms with Crippen LogP contribution in [-0.4, -0.2) is 25.9 Å². The Balaban J connectivity index is 2.17. The molecule has 0 radical (unpaired) electrons. The third kappa shape index (κ3) is 4.46. The number of rotatable bonds is 3. The van der Waals surface area contributed by atoms with Crippen molar-refractivity contribution in [3.05, 3.63) is 0 Å². The van der Waals surface area contributed by atoms with Gasteiger partial charge in [0.15, 0.2) is 0 Å². The second kappa shape index (κ2) is 6.65. The zero-order valence-electron chi connectivity index (χ0n) is 8.84. The zero-order valence-corrected chi connectivity index (χ0v) is 8.84. The van der Waals surface area contributed by atoms with E-state index in [1.807, 2.05) is 0 Å². The van der Waals surface area contributed by atoms with Crippen LogP contribution in [0.25, 0.3) is 0 Å². The van der Waals surface area contributed by atoms with E-state index in [0.29, 0.717) is 6.04 Å². The van der Waals surface area contributed by atoms with Gasteiger partial charge in [0.1, 0.15) is 6.73 Å². The molecule has 0 aromatic heterocycles. The fourth-order valence-corrected chi connectivity index (χ4v) is 1.80. The van der Waals surface area contributed by atoms with E-state index in [0.717, 1.165) is 12.8 Å². The minimum atomic E-state index is -0.112. The van der Waals surface area contributed by atoms with Crippen molar-refractivity contribution in [3.63, 3.8) is 0 Å². The molecular weight excluding hydrogens is 180 g/mol. The van der Waals surface area contributed by atoms with Crippen LogP contribution in [0.5, 0.6) is 0 Å². The number of hydrogen-bond donors (Lipinski definition) is 2. The highest BCUT2D eigenvalue weighted by atomic mass is 16.5. The van der Waals surface area contributed by atoms with Crippen LogP contribution in [-0.2, 0) is 4.74 Å². The van der Waals surface area contributed by atoms with E-state index in [1.54, 1.807) is 7.11 Å². The van der Waals surface area contributed by atoms with Crippen molar-refractivity contribution in [2.24, 2.45) is 0 Å². The van der Waals surface area contributed by atoms with Crippen LogP contribution in [0.4, 0.5) is 4.79 Å². The Labute approximate surface area is 85.4 Å². The molecule has 0 aromatic carbocycles. The molecule has 0 spiro atoms. The fraction of sp³-hybridized carbons (Fsp3) is 0.900. The van der Waals surface area contributed by atoms with Crippen molar-refractivity contribution in [3.8, 4) is 0 Å². The maximum absolute atomic E-state index is 11.3. The number of carbonyl (C=O) groups is 1. The number of carbonyl (C=O) groups excluding carboxylic acids is 1. The Hall–Kier alpha value is -0.770. The van der Waals surface area contributed by atoms with Crippen LogP contribution in [0.3, 0.4) is 0 Å². The predicted molar refractivity (Wildman–Crippen MR) is 55.0 cm³/mol. The minimum absolute atomic E-state index is 0.112. The van der Waals surface area contributed by atoms with Crippen LogP contribution >= 0.6 is 0 Å². The summed E-state index contributed by atoms with van der Waals surface area (Å²) >= 11 is 0. The highest BCUT2D eigenvalue weighted by molar-refractivity contribution is 5.73. The Morgan fingerprint density at radius 3 is 2.50 bits per heavy atom. The van der Waals surface area contributed by atoms with E-state index in [9.17, 15) is 4.79 Å². The van der Waals surface area contributed by atoms with Gasteiger partial charge in [-0.25, -0.2) is 4.79 Å². The summed E-state index contributed by atoms with van der Waals surface area (Å²) in [5.41, 5.74) is 0. The van der Waals surface area contributed by atoms with Crippen LogP contribution in [0.1, 0.15) is 38.5 Å². The molecule has 1 aliphatic carbocycles. The van der Waals surface area contributed by atoms with Gasteiger partial charge in [-0.1, -0.05) is 25.7 Å². The van der Waals surface area contributed by atoms with Gasteiger partial charge < -0.3 is 15.4 Å². The summed E-state index contributed by atoms with van der Waals surface area (Å²) in [7, 11) is 1.56. The number of ether oxygens (including phenoxy) is 1. The topological polar surface area (TPSA) is 50.4 Å². The molecule has 4 nitrogen and oxygen atoms in total. The summed E-state index contributed by atoms with van der Waals surface area (Å²) in [5, 5.41) is 5.59. The summed E-state index contributed by atoms with van der Waals surface area (Å²) in [6.07, 6.45) is 7.29. The van der Waals surface area contributed by atoms with Gasteiger partial charge in [-0.15, -0.1) is 0 Å². The molecular formula is C10H20N2O2. The molecule has 82 valence electrons. The van der Waals surface area contributed by atoms with Gasteiger partial charge in [0.25, 0.3) is 0 Å². The van der Waals surface area contributed by atoms with E-state index in [-0.39, 0.29) is 12.8 Å². The maximum atomic E-state index is 11.3. The third-order valence-electron chi connectivity index (χ3n) is 2.57. The zero-order chi connectivity index (χ0) is 10.2. The molecule has 4 heteroatoms. The Morgan fingerprint density at radius 1 is 1.29 bits per heavy atom. The van der Waals surface area contributed by atoms with Gasteiger partial charge in [0, 0.05) is 13.2 Å². The molecule has 0 bridgehead atoms. The van der Waals surface area contributed by atoms with Gasteiger partial charge in [-0.2, -0.15) is 0 Å². The second-order valence-corrected chi connectivity index (χ2v) is 3.77. The molecule has 0 atom stereocenters. The number of nitrogens with one attached hydrogen (secondary N) is 2. The number of methoxy groups -OCH3 is 1. The average Bonchev–Trinajstić information content (AvgIpc) is 2.43. The molecule has 1 aliphatic rings. The first kappa shape index (κ1) is 11.3. The summed E-state index contributed by atoms with van der Waals surface area (Å²) in [4.78, 5) is 11.3. The van der Waals surface area contributed by atoms with E-state index in [1.165, 1.54) is 25.7 Å². The van der Waals surface area contributed by atoms with Crippen molar-refractivity contribution >= 4 is 6.03 Å². The number of hydrogen-bond acceptors (Lipinski definition) is 2. The molecule has 2 amide bonds. The Morgan fingerprint density at radius 2 is 1.93 bits per heavy atom. The van der Waals surface area contributed by atoms with Crippen LogP contribution < -0.4 is 10.6 Å². The fourth-order valence-electron chi connectivity index (χ4n) is 1.80. The SMILES string of the molecule is COCNC(=O)NC1CCCCCC1. The van der Waals surface area contributed by atoms with Gasteiger partial charge >= 0.3 is 6.03 Å². The Bertz CT molecular complexity index is 166. The first-order valence-corrected chi connectivity index (χ1v) is 5.36. The van der Waals surface area contributed by atoms with E-state index >= 15 is 0 Å². The van der Waals surface area contributed by atoms with Crippen molar-refractivity contribution < 1.29 is 9.53 Å². The Kier molecular flexibility index (Phi) is 5.37. The highest BCUT2D eigenvalue weighted by Gasteiger charge is 2.13. The summed E-state index contributed by atoms with van der Waals surface area (Å²) < 4.78 is 4.75. The third-order valence-corrected chi connectivity index (χ3v) is 2.57. The van der Waals surface area contributed by atoms with Crippen LogP contribution in [0.15, 0.2) is 0 Å². The highest BCUT2D eigenvalue weighted by Crippen LogP contribution is 2.16. The quantitative estimate of drug-likeness (QED) is 0.537. The lowest BCUT2D eigenvalue weighted by atomic mass is 10.1. The van der Waals surface area contributed by atoms with Crippen molar-refractivity contribution in [2.75, 3.05) is 13.8 Å². The minimum Gasteiger partial charge on any atom is -0.364 e. The molecule has 2 N–H and O–H groups in total. The lowest BCUT2D eigenvalue weighted by Crippen LogP contribution is -2.42. The van der Waals surface area contributed by atoms with Crippen molar-refractivity contribution in [1.29, 1.82) is 0 Å². The van der Waals surface area contributed by atoms with Crippen molar-refractivity contribution in [2.45, 2.75) is 44.6 Å². The molecule has 0 heterocycles. The average molecular weight is 200 g/mol. The standard InChI is InChI=1S/C10H20N2O2/c1-14-8-11-10(13)12-9-6-4-2-3-5-7-9/h9H,2-8H2,1H3,(H2,11,12,13). The molecule has 0 aliphatic heterocycles. The van der Waals surface area contributed by atoms with Gasteiger partial charge in [-0.05, 0) is 12.8 Å². The van der Waals surface area contributed by atoms with Crippen LogP contribution in [0.2, 0.25) is 0 Å². The molecule has 1 fully saturated rings. The first-order valence-electron chi connectivity index (χ1n) is 5.36. The normalized spacial score (nSPS) is 18.6. The van der Waals surface area contributed by atoms with Gasteiger partial charge in [0.2, 0.25) is 0 Å². The van der Waals surface area contributed by atoms with Crippen molar-refractivity contribution in [1.82, 2.24) is 10.6 Å². The number of urea groups is 1. The second-order valence-electron chi connectivity index (χ2n) is 3.77. The van der Waals surface area contributed by atoms with Gasteiger partial charge in [-0.3, -0.25) is 0 Å². The molecule has 1 rings (SSSR count). The molecule has 0 unspecified atom stereocenters. The largest absolute Gasteiger partial charge is 0.364 e. The van der Waals surface area contributed by atoms with E-state index < -0.39 is 0 Å². The van der Waals surface area contributed by atoms with Gasteiger partial charge in [0.05, 0.1) is 0 Å². The molecule has 0 aromatic rings. The first-order chi connectivity index (χ1) is 6.83. The molecule has 14 heavy (non-hydrogen) atoms. The molecule has 1 saturated carbocycles. The lowest BCUT2D eigenvalue weighted by Gasteiger charge is -2.16. The predicted octanol–water partition coefficient (Wildman–Crippen LogP) is 1.61. The molecule has 0 saturated heterocycles. The maximum Gasteiger partial charge on any atom is 0.316 e. The van der Waals surface area contributed by atoms with Crippen LogP contribution in [0, 0.1) is 0 Å². The number of amides is 2. The van der Waals surface area contributed by atoms with E-state index in [4.69, 9.17) is 4.74 Å². The summed E-state index contributed by atoms with van der Waals surface area (Å²) in [6.45, 7) is 0.276. The summed E-state index contributed by atoms with van der Waals surface area (Å²) in [6, 6.07) is 0.244.